The summed E-state index contributed by atoms with van der Waals surface area (Å²) in [5, 5.41) is 4.19. The van der Waals surface area contributed by atoms with Crippen LogP contribution in [0.4, 0.5) is 0 Å². The van der Waals surface area contributed by atoms with Crippen molar-refractivity contribution >= 4 is 29.1 Å². The molecule has 0 saturated carbocycles. The number of rotatable bonds is 7. The number of amides is 1. The van der Waals surface area contributed by atoms with E-state index in [0.717, 1.165) is 18.4 Å². The first kappa shape index (κ1) is 17.8. The summed E-state index contributed by atoms with van der Waals surface area (Å²) in [5.41, 5.74) is 3.53. The second kappa shape index (κ2) is 8.95. The van der Waals surface area contributed by atoms with Crippen LogP contribution in [0.3, 0.4) is 0 Å². The van der Waals surface area contributed by atoms with Gasteiger partial charge in [-0.1, -0.05) is 59.1 Å². The van der Waals surface area contributed by atoms with Gasteiger partial charge in [-0.25, -0.2) is 0 Å². The third kappa shape index (κ3) is 6.25. The average molecular weight is 350 g/mol. The second-order valence-corrected chi connectivity index (χ2v) is 6.52. The number of halogens is 2. The summed E-state index contributed by atoms with van der Waals surface area (Å²) in [7, 11) is 0. The predicted molar refractivity (Wildman–Crippen MR) is 97.3 cm³/mol. The van der Waals surface area contributed by atoms with Crippen LogP contribution in [0.15, 0.2) is 42.5 Å². The van der Waals surface area contributed by atoms with Crippen molar-refractivity contribution in [3.05, 3.63) is 69.2 Å². The van der Waals surface area contributed by atoms with Gasteiger partial charge in [0.2, 0.25) is 5.91 Å². The van der Waals surface area contributed by atoms with Crippen molar-refractivity contribution < 1.29 is 4.79 Å². The molecular formula is C19H21Cl2NO. The molecule has 0 bridgehead atoms. The Kier molecular flexibility index (Phi) is 6.94. The van der Waals surface area contributed by atoms with E-state index < -0.39 is 0 Å². The molecular weight excluding hydrogens is 329 g/mol. The minimum atomic E-state index is 0.0558. The van der Waals surface area contributed by atoms with Crippen LogP contribution in [0.2, 0.25) is 10.0 Å². The zero-order chi connectivity index (χ0) is 16.7. The van der Waals surface area contributed by atoms with E-state index in [9.17, 15) is 4.79 Å². The monoisotopic (exact) mass is 349 g/mol. The Morgan fingerprint density at radius 1 is 1.09 bits per heavy atom. The third-order valence-corrected chi connectivity index (χ3v) is 4.27. The van der Waals surface area contributed by atoms with Crippen LogP contribution in [0, 0.1) is 6.92 Å². The van der Waals surface area contributed by atoms with E-state index in [2.05, 4.69) is 36.5 Å². The molecule has 2 aromatic carbocycles. The van der Waals surface area contributed by atoms with Gasteiger partial charge in [0.05, 0.1) is 0 Å². The molecule has 0 aliphatic heterocycles. The summed E-state index contributed by atoms with van der Waals surface area (Å²) >= 11 is 12.0. The Bertz CT molecular complexity index is 670. The highest BCUT2D eigenvalue weighted by Gasteiger charge is 2.05. The molecule has 0 fully saturated rings. The van der Waals surface area contributed by atoms with Gasteiger partial charge < -0.3 is 5.32 Å². The standard InChI is InChI=1S/C19H21Cl2NO/c1-14-4-2-5-15(12-14)6-3-11-22-19(23)10-8-16-7-9-17(20)13-18(16)21/h2,4-5,7,9,12-13H,3,6,8,10-11H2,1H3,(H,22,23). The first-order valence-electron chi connectivity index (χ1n) is 7.81. The number of carbonyl (C=O) groups excluding carboxylic acids is 1. The van der Waals surface area contributed by atoms with Crippen molar-refractivity contribution in [1.82, 2.24) is 5.32 Å². The van der Waals surface area contributed by atoms with Crippen molar-refractivity contribution in [2.75, 3.05) is 6.54 Å². The van der Waals surface area contributed by atoms with Crippen LogP contribution >= 0.6 is 23.2 Å². The summed E-state index contributed by atoms with van der Waals surface area (Å²) in [6, 6.07) is 13.8. The molecule has 2 rings (SSSR count). The molecule has 0 aliphatic carbocycles. The fourth-order valence-electron chi connectivity index (χ4n) is 2.45. The lowest BCUT2D eigenvalue weighted by atomic mass is 10.1. The largest absolute Gasteiger partial charge is 0.356 e. The summed E-state index contributed by atoms with van der Waals surface area (Å²) in [6.07, 6.45) is 2.98. The van der Waals surface area contributed by atoms with Crippen LogP contribution in [0.25, 0.3) is 0 Å². The maximum Gasteiger partial charge on any atom is 0.220 e. The van der Waals surface area contributed by atoms with E-state index in [1.807, 2.05) is 6.07 Å². The van der Waals surface area contributed by atoms with Crippen LogP contribution in [-0.4, -0.2) is 12.5 Å². The molecule has 0 aromatic heterocycles. The highest BCUT2D eigenvalue weighted by atomic mass is 35.5. The quantitative estimate of drug-likeness (QED) is 0.701. The van der Waals surface area contributed by atoms with Crippen LogP contribution in [0.5, 0.6) is 0 Å². The van der Waals surface area contributed by atoms with E-state index in [4.69, 9.17) is 23.2 Å². The molecule has 2 nitrogen and oxygen atoms in total. The molecule has 0 heterocycles. The van der Waals surface area contributed by atoms with E-state index >= 15 is 0 Å². The fourth-order valence-corrected chi connectivity index (χ4v) is 2.95. The van der Waals surface area contributed by atoms with Gasteiger partial charge in [0.1, 0.15) is 0 Å². The fraction of sp³-hybridized carbons (Fsp3) is 0.316. The lowest BCUT2D eigenvalue weighted by molar-refractivity contribution is -0.121. The number of benzene rings is 2. The van der Waals surface area contributed by atoms with Gasteiger partial charge in [-0.05, 0) is 49.4 Å². The molecule has 0 atom stereocenters. The number of hydrogen-bond acceptors (Lipinski definition) is 1. The molecule has 0 radical (unpaired) electrons. The number of nitrogens with one attached hydrogen (secondary N) is 1. The van der Waals surface area contributed by atoms with Gasteiger partial charge in [0, 0.05) is 23.0 Å². The van der Waals surface area contributed by atoms with E-state index in [1.165, 1.54) is 11.1 Å². The van der Waals surface area contributed by atoms with Gasteiger partial charge in [-0.2, -0.15) is 0 Å². The van der Waals surface area contributed by atoms with Crippen molar-refractivity contribution in [3.63, 3.8) is 0 Å². The lowest BCUT2D eigenvalue weighted by Gasteiger charge is -2.07. The Morgan fingerprint density at radius 2 is 1.91 bits per heavy atom. The number of aryl methyl sites for hydroxylation is 3. The minimum Gasteiger partial charge on any atom is -0.356 e. The summed E-state index contributed by atoms with van der Waals surface area (Å²) in [6.45, 7) is 2.79. The first-order chi connectivity index (χ1) is 11.0. The maximum absolute atomic E-state index is 11.9. The van der Waals surface area contributed by atoms with E-state index in [-0.39, 0.29) is 5.91 Å². The number of carbonyl (C=O) groups is 1. The number of hydrogen-bond donors (Lipinski definition) is 1. The molecule has 122 valence electrons. The van der Waals surface area contributed by atoms with Gasteiger partial charge in [0.25, 0.3) is 0 Å². The summed E-state index contributed by atoms with van der Waals surface area (Å²) in [5.74, 6) is 0.0558. The molecule has 4 heteroatoms. The Hall–Kier alpha value is -1.51. The smallest absolute Gasteiger partial charge is 0.220 e. The molecule has 0 spiro atoms. The second-order valence-electron chi connectivity index (χ2n) is 5.68. The van der Waals surface area contributed by atoms with Gasteiger partial charge in [-0.15, -0.1) is 0 Å². The van der Waals surface area contributed by atoms with Crippen molar-refractivity contribution in [1.29, 1.82) is 0 Å². The molecule has 0 saturated heterocycles. The molecule has 1 amide bonds. The van der Waals surface area contributed by atoms with Gasteiger partial charge in [-0.3, -0.25) is 4.79 Å². The molecule has 23 heavy (non-hydrogen) atoms. The third-order valence-electron chi connectivity index (χ3n) is 3.68. The van der Waals surface area contributed by atoms with Crippen molar-refractivity contribution in [2.45, 2.75) is 32.6 Å². The zero-order valence-electron chi connectivity index (χ0n) is 13.2. The van der Waals surface area contributed by atoms with Crippen LogP contribution < -0.4 is 5.32 Å². The lowest BCUT2D eigenvalue weighted by Crippen LogP contribution is -2.25. The minimum absolute atomic E-state index is 0.0558. The van der Waals surface area contributed by atoms with Crippen LogP contribution in [0.1, 0.15) is 29.5 Å². The van der Waals surface area contributed by atoms with E-state index in [0.29, 0.717) is 29.4 Å². The molecule has 2 aromatic rings. The normalized spacial score (nSPS) is 10.6. The molecule has 0 aliphatic rings. The zero-order valence-corrected chi connectivity index (χ0v) is 14.8. The predicted octanol–water partition coefficient (Wildman–Crippen LogP) is 4.98. The Balaban J connectivity index is 1.67. The topological polar surface area (TPSA) is 29.1 Å². The molecule has 0 unspecified atom stereocenters. The van der Waals surface area contributed by atoms with Crippen molar-refractivity contribution in [2.24, 2.45) is 0 Å². The summed E-state index contributed by atoms with van der Waals surface area (Å²) < 4.78 is 0. The van der Waals surface area contributed by atoms with Gasteiger partial charge >= 0.3 is 0 Å². The Labute approximate surface area is 147 Å². The van der Waals surface area contributed by atoms with E-state index in [1.54, 1.807) is 12.1 Å². The average Bonchev–Trinajstić information content (AvgIpc) is 2.51. The van der Waals surface area contributed by atoms with Crippen molar-refractivity contribution in [3.8, 4) is 0 Å². The SMILES string of the molecule is Cc1cccc(CCCNC(=O)CCc2ccc(Cl)cc2Cl)c1. The maximum atomic E-state index is 11.9. The highest BCUT2D eigenvalue weighted by molar-refractivity contribution is 6.35. The Morgan fingerprint density at radius 3 is 2.65 bits per heavy atom. The molecule has 1 N–H and O–H groups in total. The first-order valence-corrected chi connectivity index (χ1v) is 8.56. The van der Waals surface area contributed by atoms with Crippen LogP contribution in [-0.2, 0) is 17.6 Å². The summed E-state index contributed by atoms with van der Waals surface area (Å²) in [4.78, 5) is 11.9. The highest BCUT2D eigenvalue weighted by Crippen LogP contribution is 2.21. The van der Waals surface area contributed by atoms with Gasteiger partial charge in [0.15, 0.2) is 0 Å².